The molecular weight excluding hydrogens is 435 g/mol. The van der Waals surface area contributed by atoms with Gasteiger partial charge in [-0.3, -0.25) is 9.59 Å². The van der Waals surface area contributed by atoms with E-state index in [1.807, 2.05) is 53.2 Å². The third-order valence-electron chi connectivity index (χ3n) is 4.59. The summed E-state index contributed by atoms with van der Waals surface area (Å²) in [4.78, 5) is 21.2. The molecule has 1 aliphatic rings. The van der Waals surface area contributed by atoms with Gasteiger partial charge in [0.25, 0.3) is 0 Å². The number of nitrogens with two attached hydrogens (primary N) is 1. The van der Waals surface area contributed by atoms with Gasteiger partial charge in [-0.05, 0) is 36.8 Å². The van der Waals surface area contributed by atoms with Gasteiger partial charge < -0.3 is 15.9 Å². The number of benzene rings is 1. The summed E-state index contributed by atoms with van der Waals surface area (Å²) in [5.41, 5.74) is 6.57. The van der Waals surface area contributed by atoms with Gasteiger partial charge in [-0.1, -0.05) is 49.6 Å². The minimum absolute atomic E-state index is 0.0793. The van der Waals surface area contributed by atoms with E-state index in [4.69, 9.17) is 15.9 Å². The lowest BCUT2D eigenvalue weighted by Gasteiger charge is -2.34. The largest absolute Gasteiger partial charge is 0.481 e. The topological polar surface area (TPSA) is 113 Å². The van der Waals surface area contributed by atoms with Crippen LogP contribution in [0.2, 0.25) is 0 Å². The summed E-state index contributed by atoms with van der Waals surface area (Å²) in [6, 6.07) is 9.05. The fourth-order valence-corrected chi connectivity index (χ4v) is 3.58. The number of aliphatic carboxylic acids is 2. The molecule has 0 aliphatic heterocycles. The van der Waals surface area contributed by atoms with Crippen molar-refractivity contribution in [3.63, 3.8) is 0 Å². The van der Waals surface area contributed by atoms with Gasteiger partial charge in [-0.25, -0.2) is 3.53 Å². The highest BCUT2D eigenvalue weighted by Gasteiger charge is 2.32. The number of carboxylic acid groups (broad SMARTS) is 2. The highest BCUT2D eigenvalue weighted by molar-refractivity contribution is 14.1. The van der Waals surface area contributed by atoms with E-state index in [1.54, 1.807) is 0 Å². The zero-order valence-corrected chi connectivity index (χ0v) is 16.4. The van der Waals surface area contributed by atoms with Crippen LogP contribution in [0.15, 0.2) is 30.3 Å². The summed E-state index contributed by atoms with van der Waals surface area (Å²) in [5, 5.41) is 17.5. The summed E-state index contributed by atoms with van der Waals surface area (Å²) >= 11 is 1.86. The Hall–Kier alpha value is -1.19. The fraction of sp³-hybridized carbons (Fsp3) is 0.556. The highest BCUT2D eigenvalue weighted by Crippen LogP contribution is 2.38. The molecule has 25 heavy (non-hydrogen) atoms. The molecular formula is C18H27IN2O4. The molecule has 0 radical (unpaired) electrons. The molecule has 0 heterocycles. The van der Waals surface area contributed by atoms with E-state index in [1.165, 1.54) is 6.42 Å². The van der Waals surface area contributed by atoms with Crippen molar-refractivity contribution in [2.75, 3.05) is 6.54 Å². The average Bonchev–Trinajstić information content (AvgIpc) is 2.61. The first-order chi connectivity index (χ1) is 11.9. The third kappa shape index (κ3) is 8.15. The molecule has 0 spiro atoms. The Morgan fingerprint density at radius 3 is 2.20 bits per heavy atom. The molecule has 2 rings (SSSR count). The van der Waals surface area contributed by atoms with Crippen LogP contribution in [0.25, 0.3) is 0 Å². The first-order valence-electron chi connectivity index (χ1n) is 8.47. The van der Waals surface area contributed by atoms with Crippen molar-refractivity contribution < 1.29 is 19.8 Å². The summed E-state index contributed by atoms with van der Waals surface area (Å²) in [5.74, 6) is -1.53. The van der Waals surface area contributed by atoms with Crippen molar-refractivity contribution in [3.05, 3.63) is 35.9 Å². The van der Waals surface area contributed by atoms with Crippen LogP contribution >= 0.6 is 22.9 Å². The molecule has 0 amide bonds. The molecule has 0 unspecified atom stereocenters. The van der Waals surface area contributed by atoms with Gasteiger partial charge in [0.2, 0.25) is 0 Å². The maximum atomic E-state index is 10.7. The number of hydrogen-bond acceptors (Lipinski definition) is 4. The van der Waals surface area contributed by atoms with Gasteiger partial charge in [0, 0.05) is 22.9 Å². The minimum atomic E-state index is -0.821. The minimum Gasteiger partial charge on any atom is -0.481 e. The van der Waals surface area contributed by atoms with Crippen LogP contribution in [-0.2, 0) is 16.0 Å². The van der Waals surface area contributed by atoms with E-state index in [-0.39, 0.29) is 11.8 Å². The van der Waals surface area contributed by atoms with Crippen LogP contribution in [0.1, 0.15) is 44.1 Å². The van der Waals surface area contributed by atoms with Crippen molar-refractivity contribution in [1.29, 1.82) is 0 Å². The Labute approximate surface area is 162 Å². The lowest BCUT2D eigenvalue weighted by Crippen LogP contribution is -2.34. The molecule has 1 aromatic carbocycles. The second kappa shape index (κ2) is 11.4. The van der Waals surface area contributed by atoms with Crippen molar-refractivity contribution in [3.8, 4) is 0 Å². The Bertz CT molecular complexity index is 533. The maximum absolute atomic E-state index is 10.7. The van der Waals surface area contributed by atoms with Crippen LogP contribution in [0.3, 0.4) is 0 Å². The van der Waals surface area contributed by atoms with Gasteiger partial charge in [0.15, 0.2) is 0 Å². The van der Waals surface area contributed by atoms with E-state index >= 15 is 0 Å². The Morgan fingerprint density at radius 1 is 1.16 bits per heavy atom. The summed E-state index contributed by atoms with van der Waals surface area (Å²) in [6.45, 7) is 0.527. The van der Waals surface area contributed by atoms with Gasteiger partial charge in [-0.15, -0.1) is 0 Å². The molecule has 0 aromatic heterocycles. The first-order valence-corrected chi connectivity index (χ1v) is 9.55. The number of hydrogen-bond donors (Lipinski definition) is 4. The Morgan fingerprint density at radius 2 is 1.76 bits per heavy atom. The summed E-state index contributed by atoms with van der Waals surface area (Å²) < 4.78 is 2.72. The normalized spacial score (nSPS) is 17.0. The van der Waals surface area contributed by atoms with Crippen molar-refractivity contribution in [2.24, 2.45) is 11.1 Å². The quantitative estimate of drug-likeness (QED) is 0.366. The van der Waals surface area contributed by atoms with Crippen LogP contribution in [0, 0.1) is 5.41 Å². The smallest absolute Gasteiger partial charge is 0.321 e. The van der Waals surface area contributed by atoms with E-state index in [0.29, 0.717) is 13.0 Å². The predicted molar refractivity (Wildman–Crippen MR) is 106 cm³/mol. The molecule has 6 nitrogen and oxygen atoms in total. The van der Waals surface area contributed by atoms with Crippen LogP contribution in [-0.4, -0.2) is 34.7 Å². The van der Waals surface area contributed by atoms with Crippen molar-refractivity contribution >= 4 is 34.8 Å². The maximum Gasteiger partial charge on any atom is 0.321 e. The van der Waals surface area contributed by atoms with Crippen molar-refractivity contribution in [1.82, 2.24) is 3.53 Å². The Kier molecular flexibility index (Phi) is 9.99. The summed E-state index contributed by atoms with van der Waals surface area (Å²) in [7, 11) is 0. The zero-order valence-electron chi connectivity index (χ0n) is 14.3. The van der Waals surface area contributed by atoms with Crippen molar-refractivity contribution in [2.45, 2.75) is 51.0 Å². The molecule has 140 valence electrons. The Balaban J connectivity index is 0.000000251. The number of halogens is 1. The van der Waals surface area contributed by atoms with E-state index < -0.39 is 18.0 Å². The lowest BCUT2D eigenvalue weighted by atomic mass is 9.72. The van der Waals surface area contributed by atoms with Gasteiger partial charge in [-0.2, -0.15) is 0 Å². The monoisotopic (exact) mass is 462 g/mol. The molecule has 1 aliphatic carbocycles. The van der Waals surface area contributed by atoms with Gasteiger partial charge in [0.1, 0.15) is 6.04 Å². The lowest BCUT2D eigenvalue weighted by molar-refractivity contribution is -0.140. The predicted octanol–water partition coefficient (Wildman–Crippen LogP) is 2.99. The first kappa shape index (κ1) is 21.9. The molecule has 1 saturated carbocycles. The summed E-state index contributed by atoms with van der Waals surface area (Å²) in [6.07, 6.45) is 6.28. The SMILES string of the molecule is NCC1(CC(=O)O)CCCCC1.O=C(O)[C@H](Cc1ccccc1)NI. The van der Waals surface area contributed by atoms with Crippen LogP contribution in [0.5, 0.6) is 0 Å². The number of rotatable bonds is 7. The molecule has 1 atom stereocenters. The zero-order chi connectivity index (χ0) is 18.7. The molecule has 7 heteroatoms. The number of nitrogens with one attached hydrogen (secondary N) is 1. The fourth-order valence-electron chi connectivity index (χ4n) is 3.10. The number of carboxylic acids is 2. The van der Waals surface area contributed by atoms with E-state index in [0.717, 1.165) is 31.2 Å². The van der Waals surface area contributed by atoms with Gasteiger partial charge in [0.05, 0.1) is 6.42 Å². The molecule has 1 fully saturated rings. The van der Waals surface area contributed by atoms with E-state index in [9.17, 15) is 9.59 Å². The second-order valence-electron chi connectivity index (χ2n) is 6.52. The molecule has 0 saturated heterocycles. The third-order valence-corrected chi connectivity index (χ3v) is 5.34. The molecule has 5 N–H and O–H groups in total. The van der Waals surface area contributed by atoms with Crippen LogP contribution < -0.4 is 9.26 Å². The highest BCUT2D eigenvalue weighted by atomic mass is 127. The van der Waals surface area contributed by atoms with Gasteiger partial charge >= 0.3 is 11.9 Å². The average molecular weight is 462 g/mol. The van der Waals surface area contributed by atoms with Crippen LogP contribution in [0.4, 0.5) is 0 Å². The van der Waals surface area contributed by atoms with E-state index in [2.05, 4.69) is 3.53 Å². The standard InChI is InChI=1S/C9H10INO2.C9H17NO2/c10-11-8(9(12)13)6-7-4-2-1-3-5-7;10-7-9(6-8(11)12)4-2-1-3-5-9/h1-5,8,11H,6H2,(H,12,13);1-7,10H2,(H,11,12)/t8-;/m0./s1. The second-order valence-corrected chi connectivity index (χ2v) is 7.15. The molecule has 1 aromatic rings. The number of carbonyl (C=O) groups is 2. The molecule has 0 bridgehead atoms.